The molecule has 2 heteroatoms. The lowest BCUT2D eigenvalue weighted by atomic mass is 9.92. The Balaban J connectivity index is 2.01. The highest BCUT2D eigenvalue weighted by Crippen LogP contribution is 2.42. The molecule has 5 rings (SSSR count). The zero-order valence-electron chi connectivity index (χ0n) is 17.7. The van der Waals surface area contributed by atoms with E-state index in [9.17, 15) is 0 Å². The largest absolute Gasteiger partial charge is 0.455 e. The standard InChI is InChI=1S/C25H22NO/c1-4-17-13-14-26(3)21(15-17)23-16(2)18-9-5-6-10-19(18)24-20-11-7-8-12-22(20)27-25(23)24/h5-15H,4H2,1-3H3/q+1/i4D2. The number of aryl methyl sites for hydroxylation is 3. The monoisotopic (exact) mass is 354 g/mol. The Bertz CT molecular complexity index is 1410. The number of furan rings is 1. The van der Waals surface area contributed by atoms with Gasteiger partial charge in [-0.05, 0) is 41.3 Å². The predicted octanol–water partition coefficient (Wildman–Crippen LogP) is 6.10. The van der Waals surface area contributed by atoms with Gasteiger partial charge >= 0.3 is 0 Å². The fourth-order valence-electron chi connectivity index (χ4n) is 4.10. The third kappa shape index (κ3) is 2.30. The van der Waals surface area contributed by atoms with Crippen LogP contribution < -0.4 is 4.57 Å². The number of aromatic nitrogens is 1. The normalized spacial score (nSPS) is 13.3. The van der Waals surface area contributed by atoms with Crippen LogP contribution in [0.5, 0.6) is 0 Å². The molecule has 0 fully saturated rings. The number of fused-ring (bicyclic) bond motifs is 5. The number of rotatable bonds is 2. The van der Waals surface area contributed by atoms with Crippen LogP contribution in [-0.2, 0) is 13.4 Å². The Morgan fingerprint density at radius 1 is 0.963 bits per heavy atom. The molecular formula is C25H22NO+. The molecule has 0 spiro atoms. The van der Waals surface area contributed by atoms with Gasteiger partial charge < -0.3 is 4.42 Å². The summed E-state index contributed by atoms with van der Waals surface area (Å²) in [6, 6.07) is 20.4. The van der Waals surface area contributed by atoms with E-state index in [1.165, 1.54) is 10.8 Å². The summed E-state index contributed by atoms with van der Waals surface area (Å²) in [7, 11) is 1.99. The van der Waals surface area contributed by atoms with E-state index in [4.69, 9.17) is 7.16 Å². The summed E-state index contributed by atoms with van der Waals surface area (Å²) < 4.78 is 24.8. The number of hydrogen-bond acceptors (Lipinski definition) is 1. The van der Waals surface area contributed by atoms with E-state index in [0.717, 1.165) is 38.8 Å². The molecule has 5 aromatic rings. The maximum absolute atomic E-state index is 8.17. The average molecular weight is 354 g/mol. The van der Waals surface area contributed by atoms with Crippen molar-refractivity contribution in [3.8, 4) is 11.3 Å². The molecule has 0 N–H and O–H groups in total. The van der Waals surface area contributed by atoms with Crippen molar-refractivity contribution in [1.29, 1.82) is 0 Å². The van der Waals surface area contributed by atoms with Crippen molar-refractivity contribution < 1.29 is 11.7 Å². The van der Waals surface area contributed by atoms with Crippen LogP contribution in [0.25, 0.3) is 44.0 Å². The van der Waals surface area contributed by atoms with Crippen LogP contribution >= 0.6 is 0 Å². The summed E-state index contributed by atoms with van der Waals surface area (Å²) in [5, 5.41) is 4.58. The molecule has 0 aliphatic heterocycles. The minimum atomic E-state index is -1.42. The first kappa shape index (κ1) is 14.0. The maximum atomic E-state index is 8.17. The van der Waals surface area contributed by atoms with E-state index in [2.05, 4.69) is 37.3 Å². The Morgan fingerprint density at radius 2 is 1.67 bits per heavy atom. The lowest BCUT2D eigenvalue weighted by molar-refractivity contribution is -0.660. The summed E-state index contributed by atoms with van der Waals surface area (Å²) in [6.45, 7) is 3.72. The molecule has 0 saturated carbocycles. The van der Waals surface area contributed by atoms with Crippen LogP contribution in [-0.4, -0.2) is 0 Å². The molecule has 27 heavy (non-hydrogen) atoms. The average Bonchev–Trinajstić information content (AvgIpc) is 3.08. The van der Waals surface area contributed by atoms with Gasteiger partial charge in [0.25, 0.3) is 0 Å². The number of pyridine rings is 1. The molecule has 0 atom stereocenters. The van der Waals surface area contributed by atoms with Crippen molar-refractivity contribution in [2.75, 3.05) is 0 Å². The van der Waals surface area contributed by atoms with E-state index in [-0.39, 0.29) is 0 Å². The summed E-state index contributed by atoms with van der Waals surface area (Å²) in [5.41, 5.74) is 5.47. The van der Waals surface area contributed by atoms with Gasteiger partial charge in [-0.25, -0.2) is 4.57 Å². The number of para-hydroxylation sites is 1. The Hall–Kier alpha value is -3.13. The van der Waals surface area contributed by atoms with Gasteiger partial charge in [-0.3, -0.25) is 0 Å². The van der Waals surface area contributed by atoms with Crippen LogP contribution in [0, 0.1) is 6.92 Å². The zero-order chi connectivity index (χ0) is 20.3. The Labute approximate surface area is 161 Å². The molecule has 0 radical (unpaired) electrons. The van der Waals surface area contributed by atoms with E-state index in [1.54, 1.807) is 6.92 Å². The fourth-order valence-corrected chi connectivity index (χ4v) is 4.10. The van der Waals surface area contributed by atoms with Crippen molar-refractivity contribution >= 4 is 32.7 Å². The molecule has 132 valence electrons. The van der Waals surface area contributed by atoms with Crippen molar-refractivity contribution in [2.45, 2.75) is 20.2 Å². The second kappa shape index (κ2) is 5.95. The van der Waals surface area contributed by atoms with Gasteiger partial charge in [-0.15, -0.1) is 0 Å². The lowest BCUT2D eigenvalue weighted by Gasteiger charge is -2.11. The lowest BCUT2D eigenvalue weighted by Crippen LogP contribution is -2.30. The minimum Gasteiger partial charge on any atom is -0.455 e. The predicted molar refractivity (Wildman–Crippen MR) is 112 cm³/mol. The molecule has 2 aromatic heterocycles. The van der Waals surface area contributed by atoms with E-state index in [1.807, 2.05) is 48.1 Å². The Morgan fingerprint density at radius 3 is 2.44 bits per heavy atom. The van der Waals surface area contributed by atoms with Crippen molar-refractivity contribution in [2.24, 2.45) is 7.05 Å². The van der Waals surface area contributed by atoms with Crippen LogP contribution in [0.4, 0.5) is 0 Å². The van der Waals surface area contributed by atoms with E-state index < -0.39 is 6.37 Å². The van der Waals surface area contributed by atoms with Gasteiger partial charge in [0.15, 0.2) is 6.20 Å². The first-order chi connectivity index (χ1) is 13.9. The van der Waals surface area contributed by atoms with Crippen molar-refractivity contribution in [1.82, 2.24) is 0 Å². The topological polar surface area (TPSA) is 17.0 Å². The second-order valence-corrected chi connectivity index (χ2v) is 7.01. The summed E-state index contributed by atoms with van der Waals surface area (Å²) in [4.78, 5) is 0. The molecule has 0 aliphatic rings. The van der Waals surface area contributed by atoms with Gasteiger partial charge in [-0.2, -0.15) is 0 Å². The number of nitrogens with zero attached hydrogens (tertiary/aromatic N) is 1. The molecule has 3 aromatic carbocycles. The fraction of sp³-hybridized carbons (Fsp3) is 0.160. The van der Waals surface area contributed by atoms with E-state index >= 15 is 0 Å². The van der Waals surface area contributed by atoms with E-state index in [0.29, 0.717) is 5.56 Å². The summed E-state index contributed by atoms with van der Waals surface area (Å²) in [5.74, 6) is 0. The van der Waals surface area contributed by atoms with Crippen molar-refractivity contribution in [3.63, 3.8) is 0 Å². The highest BCUT2D eigenvalue weighted by Gasteiger charge is 2.23. The molecule has 0 aliphatic carbocycles. The number of benzene rings is 3. The van der Waals surface area contributed by atoms with Gasteiger partial charge in [0, 0.05) is 25.6 Å². The first-order valence-electron chi connectivity index (χ1n) is 10.2. The number of hydrogen-bond donors (Lipinski definition) is 0. The molecule has 2 nitrogen and oxygen atoms in total. The molecule has 0 saturated heterocycles. The van der Waals surface area contributed by atoms with Crippen LogP contribution in [0.1, 0.15) is 20.8 Å². The summed E-state index contributed by atoms with van der Waals surface area (Å²) >= 11 is 0. The van der Waals surface area contributed by atoms with Crippen molar-refractivity contribution in [3.05, 3.63) is 78.0 Å². The molecular weight excluding hydrogens is 330 g/mol. The van der Waals surface area contributed by atoms with Gasteiger partial charge in [0.1, 0.15) is 18.2 Å². The third-order valence-corrected chi connectivity index (χ3v) is 5.49. The smallest absolute Gasteiger partial charge is 0.216 e. The van der Waals surface area contributed by atoms with Crippen LogP contribution in [0.3, 0.4) is 0 Å². The Kier molecular flexibility index (Phi) is 3.08. The molecule has 0 bridgehead atoms. The molecule has 0 amide bonds. The highest BCUT2D eigenvalue weighted by molar-refractivity contribution is 6.23. The zero-order valence-corrected chi connectivity index (χ0v) is 15.7. The van der Waals surface area contributed by atoms with Gasteiger partial charge in [0.05, 0.1) is 5.56 Å². The molecule has 0 unspecified atom stereocenters. The van der Waals surface area contributed by atoms with Crippen LogP contribution in [0.15, 0.2) is 71.3 Å². The third-order valence-electron chi connectivity index (χ3n) is 5.49. The quantitative estimate of drug-likeness (QED) is 0.350. The van der Waals surface area contributed by atoms with Gasteiger partial charge in [0.2, 0.25) is 5.69 Å². The first-order valence-corrected chi connectivity index (χ1v) is 9.19. The van der Waals surface area contributed by atoms with Gasteiger partial charge in [-0.1, -0.05) is 49.4 Å². The second-order valence-electron chi connectivity index (χ2n) is 7.01. The van der Waals surface area contributed by atoms with Crippen LogP contribution in [0.2, 0.25) is 0 Å². The maximum Gasteiger partial charge on any atom is 0.216 e. The SMILES string of the molecule is [2H]C([2H])(C)c1cc[n+](C)c(-c2c(C)c3ccccc3c3c2oc2ccccc23)c1. The molecule has 2 heterocycles. The summed E-state index contributed by atoms with van der Waals surface area (Å²) in [6.07, 6.45) is 0.510. The highest BCUT2D eigenvalue weighted by atomic mass is 16.3. The minimum absolute atomic E-state index is 0.655.